The lowest BCUT2D eigenvalue weighted by Crippen LogP contribution is -2.37. The van der Waals surface area contributed by atoms with Crippen molar-refractivity contribution in [3.8, 4) is 0 Å². The number of aliphatic imine (C=N–C) groups is 1. The van der Waals surface area contributed by atoms with Gasteiger partial charge in [-0.05, 0) is 44.5 Å². The number of hydrogen-bond acceptors (Lipinski definition) is 9. The van der Waals surface area contributed by atoms with E-state index in [1.165, 1.54) is 12.1 Å². The molecule has 1 aliphatic rings. The molecule has 0 atom stereocenters. The summed E-state index contributed by atoms with van der Waals surface area (Å²) in [5, 5.41) is 23.9. The highest BCUT2D eigenvalue weighted by Crippen LogP contribution is 2.32. The highest BCUT2D eigenvalue weighted by atomic mass is 16.6. The van der Waals surface area contributed by atoms with E-state index in [0.29, 0.717) is 61.9 Å². The van der Waals surface area contributed by atoms with Crippen molar-refractivity contribution >= 4 is 40.6 Å². The third-order valence-corrected chi connectivity index (χ3v) is 5.37. The molecule has 182 valence electrons. The second kappa shape index (κ2) is 10.5. The van der Waals surface area contributed by atoms with Crippen LogP contribution in [0.5, 0.6) is 0 Å². The van der Waals surface area contributed by atoms with Gasteiger partial charge in [-0.2, -0.15) is 0 Å². The first kappa shape index (κ1) is 24.9. The Bertz CT molecular complexity index is 1090. The van der Waals surface area contributed by atoms with Crippen LogP contribution in [0.15, 0.2) is 35.3 Å². The summed E-state index contributed by atoms with van der Waals surface area (Å²) in [5.74, 6) is -0.521. The van der Waals surface area contributed by atoms with E-state index in [4.69, 9.17) is 16.2 Å². The predicted octanol–water partition coefficient (Wildman–Crippen LogP) is 2.43. The fraction of sp³-hybridized carbons (Fsp3) is 0.391. The minimum atomic E-state index is -0.829. The minimum Gasteiger partial charge on any atom is -0.398 e. The molecule has 0 radical (unpaired) electrons. The second-order valence-electron chi connectivity index (χ2n) is 8.68. The number of nitrogen functional groups attached to an aromatic ring is 2. The number of rotatable bonds is 8. The maximum absolute atomic E-state index is 13.0. The van der Waals surface area contributed by atoms with Gasteiger partial charge in [0.2, 0.25) is 0 Å². The second-order valence-corrected chi connectivity index (χ2v) is 8.68. The summed E-state index contributed by atoms with van der Waals surface area (Å²) >= 11 is 0. The highest BCUT2D eigenvalue weighted by Gasteiger charge is 2.21. The molecule has 34 heavy (non-hydrogen) atoms. The SMILES string of the molecule is CC(C)(O)CCN=Cc1cc(NC(=O)c2ccc(N)c([N+](=O)[O-])c2)c(N2CCOCC2)cc1N. The minimum absolute atomic E-state index is 0.0207. The molecule has 1 amide bonds. The van der Waals surface area contributed by atoms with E-state index < -0.39 is 16.4 Å². The van der Waals surface area contributed by atoms with Crippen LogP contribution in [0.25, 0.3) is 0 Å². The molecule has 0 aliphatic carbocycles. The number of morpholine rings is 1. The Morgan fingerprint density at radius 1 is 1.26 bits per heavy atom. The van der Waals surface area contributed by atoms with Crippen molar-refractivity contribution in [3.63, 3.8) is 0 Å². The van der Waals surface area contributed by atoms with Gasteiger partial charge >= 0.3 is 0 Å². The topological polar surface area (TPSA) is 169 Å². The molecule has 0 spiro atoms. The van der Waals surface area contributed by atoms with Gasteiger partial charge < -0.3 is 31.5 Å². The molecule has 11 nitrogen and oxygen atoms in total. The van der Waals surface area contributed by atoms with Gasteiger partial charge in [-0.1, -0.05) is 0 Å². The summed E-state index contributed by atoms with van der Waals surface area (Å²) < 4.78 is 5.43. The van der Waals surface area contributed by atoms with Gasteiger partial charge in [-0.25, -0.2) is 0 Å². The van der Waals surface area contributed by atoms with Crippen LogP contribution in [0.4, 0.5) is 28.4 Å². The van der Waals surface area contributed by atoms with Crippen molar-refractivity contribution in [3.05, 3.63) is 51.6 Å². The average molecular weight is 471 g/mol. The van der Waals surface area contributed by atoms with Gasteiger partial charge in [0.25, 0.3) is 11.6 Å². The predicted molar refractivity (Wildman–Crippen MR) is 133 cm³/mol. The molecule has 1 fully saturated rings. The lowest BCUT2D eigenvalue weighted by atomic mass is 10.1. The monoisotopic (exact) mass is 470 g/mol. The van der Waals surface area contributed by atoms with E-state index in [9.17, 15) is 20.0 Å². The summed E-state index contributed by atoms with van der Waals surface area (Å²) in [6, 6.07) is 7.40. The number of hydrogen-bond donors (Lipinski definition) is 4. The fourth-order valence-electron chi connectivity index (χ4n) is 3.44. The van der Waals surface area contributed by atoms with Crippen LogP contribution in [0.2, 0.25) is 0 Å². The summed E-state index contributed by atoms with van der Waals surface area (Å²) in [4.78, 5) is 30.0. The number of anilines is 4. The normalized spacial score (nSPS) is 14.4. The maximum atomic E-state index is 13.0. The Hall–Kier alpha value is -3.70. The number of aliphatic hydroxyl groups is 1. The first-order valence-corrected chi connectivity index (χ1v) is 10.9. The molecule has 0 unspecified atom stereocenters. The van der Waals surface area contributed by atoms with Crippen molar-refractivity contribution < 1.29 is 19.6 Å². The zero-order chi connectivity index (χ0) is 24.9. The van der Waals surface area contributed by atoms with Gasteiger partial charge in [-0.3, -0.25) is 19.9 Å². The number of nitrogens with one attached hydrogen (secondary N) is 1. The van der Waals surface area contributed by atoms with E-state index in [0.717, 1.165) is 6.07 Å². The summed E-state index contributed by atoms with van der Waals surface area (Å²) in [6.07, 6.45) is 2.09. The van der Waals surface area contributed by atoms with E-state index in [1.807, 2.05) is 0 Å². The van der Waals surface area contributed by atoms with Gasteiger partial charge in [0.1, 0.15) is 5.69 Å². The molecule has 2 aromatic rings. The molecule has 1 saturated heterocycles. The molecular formula is C23H30N6O5. The largest absolute Gasteiger partial charge is 0.398 e. The molecule has 1 heterocycles. The van der Waals surface area contributed by atoms with Crippen molar-refractivity contribution in [1.29, 1.82) is 0 Å². The highest BCUT2D eigenvalue weighted by molar-refractivity contribution is 6.07. The lowest BCUT2D eigenvalue weighted by Gasteiger charge is -2.31. The van der Waals surface area contributed by atoms with E-state index >= 15 is 0 Å². The molecule has 6 N–H and O–H groups in total. The Morgan fingerprint density at radius 3 is 2.62 bits per heavy atom. The summed E-state index contributed by atoms with van der Waals surface area (Å²) in [6.45, 7) is 6.15. The molecule has 0 bridgehead atoms. The number of carbonyl (C=O) groups is 1. The number of carbonyl (C=O) groups excluding carboxylic acids is 1. The first-order chi connectivity index (χ1) is 16.0. The Labute approximate surface area is 197 Å². The van der Waals surface area contributed by atoms with Gasteiger partial charge in [0.05, 0.1) is 35.1 Å². The quantitative estimate of drug-likeness (QED) is 0.197. The van der Waals surface area contributed by atoms with Gasteiger partial charge in [0, 0.05) is 48.7 Å². The molecule has 11 heteroatoms. The van der Waals surface area contributed by atoms with Crippen LogP contribution in [0, 0.1) is 10.1 Å². The zero-order valence-corrected chi connectivity index (χ0v) is 19.3. The smallest absolute Gasteiger partial charge is 0.292 e. The molecule has 0 aromatic heterocycles. The summed E-state index contributed by atoms with van der Waals surface area (Å²) in [5.41, 5.74) is 13.1. The van der Waals surface area contributed by atoms with Crippen molar-refractivity contribution in [2.75, 3.05) is 54.5 Å². The standard InChI is InChI=1S/C23H30N6O5/c1-23(2,31)5-6-26-14-16-11-19(21(13-18(16)25)28-7-9-34-10-8-28)27-22(30)15-3-4-17(24)20(12-15)29(32)33/h3-4,11-14,31H,5-10,24-25H2,1-2H3,(H,27,30). The molecule has 1 aliphatic heterocycles. The van der Waals surface area contributed by atoms with E-state index in [1.54, 1.807) is 32.2 Å². The van der Waals surface area contributed by atoms with E-state index in [2.05, 4.69) is 15.2 Å². The summed E-state index contributed by atoms with van der Waals surface area (Å²) in [7, 11) is 0. The third kappa shape index (κ3) is 6.42. The number of benzene rings is 2. The van der Waals surface area contributed by atoms with Crippen molar-refractivity contribution in [1.82, 2.24) is 0 Å². The lowest BCUT2D eigenvalue weighted by molar-refractivity contribution is -0.383. The average Bonchev–Trinajstić information content (AvgIpc) is 2.78. The van der Waals surface area contributed by atoms with Crippen LogP contribution >= 0.6 is 0 Å². The van der Waals surface area contributed by atoms with Crippen LogP contribution < -0.4 is 21.7 Å². The molecule has 2 aromatic carbocycles. The molecular weight excluding hydrogens is 440 g/mol. The van der Waals surface area contributed by atoms with Crippen molar-refractivity contribution in [2.24, 2.45) is 4.99 Å². The third-order valence-electron chi connectivity index (χ3n) is 5.37. The number of nitro benzene ring substituents is 1. The van der Waals surface area contributed by atoms with Crippen LogP contribution in [0.3, 0.4) is 0 Å². The van der Waals surface area contributed by atoms with Gasteiger partial charge in [0.15, 0.2) is 0 Å². The first-order valence-electron chi connectivity index (χ1n) is 10.9. The molecule has 0 saturated carbocycles. The fourth-order valence-corrected chi connectivity index (χ4v) is 3.44. The number of nitro groups is 1. The molecule has 3 rings (SSSR count). The zero-order valence-electron chi connectivity index (χ0n) is 19.3. The van der Waals surface area contributed by atoms with E-state index in [-0.39, 0.29) is 16.9 Å². The number of ether oxygens (including phenoxy) is 1. The Morgan fingerprint density at radius 2 is 1.97 bits per heavy atom. The number of nitrogens with two attached hydrogens (primary N) is 2. The number of nitrogens with zero attached hydrogens (tertiary/aromatic N) is 3. The van der Waals surface area contributed by atoms with Gasteiger partial charge in [-0.15, -0.1) is 0 Å². The van der Waals surface area contributed by atoms with Crippen molar-refractivity contribution in [2.45, 2.75) is 25.9 Å². The van der Waals surface area contributed by atoms with Crippen LogP contribution in [-0.4, -0.2) is 60.6 Å². The Kier molecular flexibility index (Phi) is 7.69. The maximum Gasteiger partial charge on any atom is 0.292 e. The number of amides is 1. The Balaban J connectivity index is 1.92. The van der Waals surface area contributed by atoms with Crippen LogP contribution in [-0.2, 0) is 4.74 Å². The van der Waals surface area contributed by atoms with Crippen LogP contribution in [0.1, 0.15) is 36.2 Å².